The molecule has 0 aliphatic heterocycles. The maximum Gasteiger partial charge on any atom is 0.339 e. The molecular formula is C14H11NO3S. The van der Waals surface area contributed by atoms with E-state index in [1.54, 1.807) is 35.7 Å². The third kappa shape index (κ3) is 2.92. The van der Waals surface area contributed by atoms with Crippen molar-refractivity contribution in [1.82, 2.24) is 0 Å². The van der Waals surface area contributed by atoms with Crippen molar-refractivity contribution in [3.8, 4) is 11.8 Å². The van der Waals surface area contributed by atoms with E-state index >= 15 is 0 Å². The average Bonchev–Trinajstić information content (AvgIpc) is 2.93. The number of benzene rings is 1. The van der Waals surface area contributed by atoms with Crippen LogP contribution in [0.4, 0.5) is 0 Å². The minimum atomic E-state index is -0.381. The molecule has 5 heteroatoms. The van der Waals surface area contributed by atoms with Gasteiger partial charge in [-0.25, -0.2) is 4.79 Å². The van der Waals surface area contributed by atoms with Gasteiger partial charge < -0.3 is 9.47 Å². The summed E-state index contributed by atoms with van der Waals surface area (Å²) in [6.45, 7) is 0.237. The van der Waals surface area contributed by atoms with Crippen LogP contribution in [0.15, 0.2) is 35.7 Å². The maximum absolute atomic E-state index is 11.5. The van der Waals surface area contributed by atoms with E-state index in [0.717, 1.165) is 4.88 Å². The number of carbonyl (C=O) groups is 1. The Morgan fingerprint density at radius 1 is 1.37 bits per heavy atom. The van der Waals surface area contributed by atoms with Gasteiger partial charge in [0.15, 0.2) is 0 Å². The van der Waals surface area contributed by atoms with Crippen molar-refractivity contribution in [2.45, 2.75) is 6.61 Å². The van der Waals surface area contributed by atoms with Crippen LogP contribution in [0, 0.1) is 11.3 Å². The van der Waals surface area contributed by atoms with Gasteiger partial charge in [-0.2, -0.15) is 5.26 Å². The number of para-hydroxylation sites is 1. The SMILES string of the molecule is COC(=O)c1ccsc1COc1ccccc1C#N. The highest BCUT2D eigenvalue weighted by molar-refractivity contribution is 7.10. The second kappa shape index (κ2) is 6.03. The van der Waals surface area contributed by atoms with Crippen LogP contribution in [-0.4, -0.2) is 13.1 Å². The zero-order valence-corrected chi connectivity index (χ0v) is 11.1. The molecule has 2 aromatic rings. The molecule has 1 heterocycles. The first-order chi connectivity index (χ1) is 9.26. The van der Waals surface area contributed by atoms with Crippen LogP contribution in [0.2, 0.25) is 0 Å². The Balaban J connectivity index is 2.13. The van der Waals surface area contributed by atoms with Crippen LogP contribution < -0.4 is 4.74 Å². The summed E-state index contributed by atoms with van der Waals surface area (Å²) < 4.78 is 10.3. The van der Waals surface area contributed by atoms with Gasteiger partial charge in [0.05, 0.1) is 23.1 Å². The van der Waals surface area contributed by atoms with Gasteiger partial charge in [0.1, 0.15) is 18.4 Å². The molecule has 0 spiro atoms. The third-order valence-electron chi connectivity index (χ3n) is 2.52. The van der Waals surface area contributed by atoms with Gasteiger partial charge in [-0.1, -0.05) is 12.1 Å². The molecule has 1 aromatic carbocycles. The Morgan fingerprint density at radius 2 is 2.16 bits per heavy atom. The summed E-state index contributed by atoms with van der Waals surface area (Å²) in [6.07, 6.45) is 0. The molecule has 0 saturated carbocycles. The van der Waals surface area contributed by atoms with E-state index in [0.29, 0.717) is 16.9 Å². The van der Waals surface area contributed by atoms with E-state index in [2.05, 4.69) is 6.07 Å². The van der Waals surface area contributed by atoms with Crippen molar-refractivity contribution in [3.05, 3.63) is 51.7 Å². The highest BCUT2D eigenvalue weighted by Gasteiger charge is 2.14. The van der Waals surface area contributed by atoms with Gasteiger partial charge in [-0.05, 0) is 23.6 Å². The van der Waals surface area contributed by atoms with Gasteiger partial charge in [0, 0.05) is 0 Å². The highest BCUT2D eigenvalue weighted by Crippen LogP contribution is 2.22. The normalized spacial score (nSPS) is 9.68. The van der Waals surface area contributed by atoms with Gasteiger partial charge in [0.2, 0.25) is 0 Å². The van der Waals surface area contributed by atoms with E-state index in [1.807, 2.05) is 0 Å². The van der Waals surface area contributed by atoms with Gasteiger partial charge in [-0.15, -0.1) is 11.3 Å². The molecule has 0 radical (unpaired) electrons. The van der Waals surface area contributed by atoms with Crippen molar-refractivity contribution in [2.24, 2.45) is 0 Å². The second-order valence-electron chi connectivity index (χ2n) is 3.65. The summed E-state index contributed by atoms with van der Waals surface area (Å²) in [5, 5.41) is 10.8. The predicted octanol–water partition coefficient (Wildman–Crippen LogP) is 2.99. The number of thiophene rings is 1. The molecule has 0 N–H and O–H groups in total. The van der Waals surface area contributed by atoms with Crippen molar-refractivity contribution >= 4 is 17.3 Å². The number of carbonyl (C=O) groups excluding carboxylic acids is 1. The Kier molecular flexibility index (Phi) is 4.16. The molecule has 0 atom stereocenters. The molecule has 0 amide bonds. The number of hydrogen-bond acceptors (Lipinski definition) is 5. The lowest BCUT2D eigenvalue weighted by atomic mass is 10.2. The largest absolute Gasteiger partial charge is 0.487 e. The smallest absolute Gasteiger partial charge is 0.339 e. The number of methoxy groups -OCH3 is 1. The standard InChI is InChI=1S/C14H11NO3S/c1-17-14(16)11-6-7-19-13(11)9-18-12-5-3-2-4-10(12)8-15/h2-7H,9H2,1H3. The molecule has 19 heavy (non-hydrogen) atoms. The number of esters is 1. The average molecular weight is 273 g/mol. The summed E-state index contributed by atoms with van der Waals surface area (Å²) in [5.41, 5.74) is 0.973. The maximum atomic E-state index is 11.5. The summed E-state index contributed by atoms with van der Waals surface area (Å²) >= 11 is 1.42. The zero-order chi connectivity index (χ0) is 13.7. The number of ether oxygens (including phenoxy) is 2. The Hall–Kier alpha value is -2.32. The molecule has 0 unspecified atom stereocenters. The molecule has 4 nitrogen and oxygen atoms in total. The van der Waals surface area contributed by atoms with Gasteiger partial charge in [0.25, 0.3) is 0 Å². The topological polar surface area (TPSA) is 59.3 Å². The van der Waals surface area contributed by atoms with Gasteiger partial charge in [-0.3, -0.25) is 0 Å². The monoisotopic (exact) mass is 273 g/mol. The number of rotatable bonds is 4. The van der Waals surface area contributed by atoms with E-state index in [-0.39, 0.29) is 12.6 Å². The number of nitrogens with zero attached hydrogens (tertiary/aromatic N) is 1. The van der Waals surface area contributed by atoms with Crippen LogP contribution in [0.1, 0.15) is 20.8 Å². The number of hydrogen-bond donors (Lipinski definition) is 0. The number of nitriles is 1. The lowest BCUT2D eigenvalue weighted by Crippen LogP contribution is -2.05. The molecule has 0 saturated heterocycles. The van der Waals surface area contributed by atoms with E-state index in [9.17, 15) is 4.79 Å². The Labute approximate surface area is 114 Å². The highest BCUT2D eigenvalue weighted by atomic mass is 32.1. The fourth-order valence-corrected chi connectivity index (χ4v) is 2.35. The van der Waals surface area contributed by atoms with Crippen LogP contribution in [0.5, 0.6) is 5.75 Å². The van der Waals surface area contributed by atoms with Crippen LogP contribution in [0.3, 0.4) is 0 Å². The Bertz CT molecular complexity index is 628. The molecule has 96 valence electrons. The molecule has 1 aromatic heterocycles. The molecule has 0 aliphatic rings. The van der Waals surface area contributed by atoms with E-state index < -0.39 is 0 Å². The van der Waals surface area contributed by atoms with Crippen LogP contribution >= 0.6 is 11.3 Å². The molecule has 0 bridgehead atoms. The fourth-order valence-electron chi connectivity index (χ4n) is 1.57. The van der Waals surface area contributed by atoms with Gasteiger partial charge >= 0.3 is 5.97 Å². The quantitative estimate of drug-likeness (QED) is 0.803. The first kappa shape index (κ1) is 13.1. The van der Waals surface area contributed by atoms with Crippen molar-refractivity contribution < 1.29 is 14.3 Å². The summed E-state index contributed by atoms with van der Waals surface area (Å²) in [6, 6.07) is 10.7. The van der Waals surface area contributed by atoms with Crippen molar-refractivity contribution in [1.29, 1.82) is 5.26 Å². The van der Waals surface area contributed by atoms with E-state index in [4.69, 9.17) is 14.7 Å². The predicted molar refractivity (Wildman–Crippen MR) is 71.1 cm³/mol. The lowest BCUT2D eigenvalue weighted by molar-refractivity contribution is 0.0598. The molecule has 0 fully saturated rings. The molecular weight excluding hydrogens is 262 g/mol. The molecule has 0 aliphatic carbocycles. The zero-order valence-electron chi connectivity index (χ0n) is 10.3. The second-order valence-corrected chi connectivity index (χ2v) is 4.65. The first-order valence-corrected chi connectivity index (χ1v) is 6.41. The summed E-state index contributed by atoms with van der Waals surface area (Å²) in [4.78, 5) is 12.3. The first-order valence-electron chi connectivity index (χ1n) is 5.53. The van der Waals surface area contributed by atoms with Crippen LogP contribution in [-0.2, 0) is 11.3 Å². The third-order valence-corrected chi connectivity index (χ3v) is 3.41. The Morgan fingerprint density at radius 3 is 2.89 bits per heavy atom. The summed E-state index contributed by atoms with van der Waals surface area (Å²) in [7, 11) is 1.34. The van der Waals surface area contributed by atoms with Crippen molar-refractivity contribution in [2.75, 3.05) is 7.11 Å². The minimum absolute atomic E-state index is 0.237. The van der Waals surface area contributed by atoms with E-state index in [1.165, 1.54) is 18.4 Å². The molecule has 2 rings (SSSR count). The van der Waals surface area contributed by atoms with Crippen molar-refractivity contribution in [3.63, 3.8) is 0 Å². The summed E-state index contributed by atoms with van der Waals surface area (Å²) in [5.74, 6) is 0.127. The minimum Gasteiger partial charge on any atom is -0.487 e. The van der Waals surface area contributed by atoms with Crippen LogP contribution in [0.25, 0.3) is 0 Å². The lowest BCUT2D eigenvalue weighted by Gasteiger charge is -2.07. The fraction of sp³-hybridized carbons (Fsp3) is 0.143.